The first kappa shape index (κ1) is 22.9. The zero-order valence-electron chi connectivity index (χ0n) is 17.9. The Kier molecular flexibility index (Phi) is 7.01. The molecular weight excluding hydrogens is 500 g/mol. The van der Waals surface area contributed by atoms with E-state index in [1.165, 1.54) is 4.90 Å². The van der Waals surface area contributed by atoms with Crippen molar-refractivity contribution in [2.45, 2.75) is 20.0 Å². The molecule has 0 radical (unpaired) electrons. The van der Waals surface area contributed by atoms with Crippen LogP contribution in [0.4, 0.5) is 5.69 Å². The largest absolute Gasteiger partial charge is 0.488 e. The molecule has 0 aliphatic carbocycles. The van der Waals surface area contributed by atoms with Gasteiger partial charge in [0, 0.05) is 0 Å². The molecule has 0 spiro atoms. The van der Waals surface area contributed by atoms with Crippen molar-refractivity contribution in [3.63, 3.8) is 0 Å². The van der Waals surface area contributed by atoms with Gasteiger partial charge in [0.15, 0.2) is 5.11 Å². The van der Waals surface area contributed by atoms with Crippen molar-refractivity contribution < 1.29 is 14.3 Å². The van der Waals surface area contributed by atoms with E-state index in [-0.39, 0.29) is 10.7 Å². The lowest BCUT2D eigenvalue weighted by atomic mass is 10.1. The van der Waals surface area contributed by atoms with Crippen molar-refractivity contribution in [1.82, 2.24) is 5.32 Å². The topological polar surface area (TPSA) is 58.6 Å². The minimum atomic E-state index is -0.521. The maximum absolute atomic E-state index is 13.2. The summed E-state index contributed by atoms with van der Waals surface area (Å²) in [6.45, 7) is 2.49. The van der Waals surface area contributed by atoms with E-state index in [1.807, 2.05) is 54.6 Å². The number of aryl methyl sites for hydroxylation is 1. The van der Waals surface area contributed by atoms with Crippen LogP contribution in [0.15, 0.2) is 82.8 Å². The predicted molar refractivity (Wildman–Crippen MR) is 137 cm³/mol. The van der Waals surface area contributed by atoms with Crippen LogP contribution < -0.4 is 15.0 Å². The summed E-state index contributed by atoms with van der Waals surface area (Å²) in [6, 6.07) is 22.8. The minimum absolute atomic E-state index is 0.00743. The second-order valence-electron chi connectivity index (χ2n) is 7.44. The Balaban J connectivity index is 1.56. The van der Waals surface area contributed by atoms with Crippen LogP contribution in [0.2, 0.25) is 0 Å². The van der Waals surface area contributed by atoms with E-state index in [2.05, 4.69) is 28.2 Å². The van der Waals surface area contributed by atoms with Crippen LogP contribution >= 0.6 is 28.1 Å². The van der Waals surface area contributed by atoms with E-state index in [4.69, 9.17) is 17.0 Å². The van der Waals surface area contributed by atoms with Gasteiger partial charge in [-0.2, -0.15) is 0 Å². The summed E-state index contributed by atoms with van der Waals surface area (Å²) < 4.78 is 6.60. The number of carbonyl (C=O) groups excluding carboxylic acids is 2. The molecule has 33 heavy (non-hydrogen) atoms. The highest BCUT2D eigenvalue weighted by Crippen LogP contribution is 2.29. The van der Waals surface area contributed by atoms with Gasteiger partial charge in [0.2, 0.25) is 0 Å². The summed E-state index contributed by atoms with van der Waals surface area (Å²) in [5.41, 5.74) is 3.50. The predicted octanol–water partition coefficient (Wildman–Crippen LogP) is 5.42. The third-order valence-corrected chi connectivity index (χ3v) is 6.11. The van der Waals surface area contributed by atoms with Gasteiger partial charge in [0.05, 0.1) is 10.2 Å². The van der Waals surface area contributed by atoms with Crippen LogP contribution in [0.5, 0.6) is 5.75 Å². The normalized spacial score (nSPS) is 15.0. The highest BCUT2D eigenvalue weighted by atomic mass is 79.9. The average molecular weight is 521 g/mol. The van der Waals surface area contributed by atoms with Gasteiger partial charge in [0.1, 0.15) is 17.9 Å². The van der Waals surface area contributed by atoms with E-state index >= 15 is 0 Å². The fraction of sp³-hybridized carbons (Fsp3) is 0.115. The number of hydrogen-bond acceptors (Lipinski definition) is 4. The van der Waals surface area contributed by atoms with Gasteiger partial charge in [-0.1, -0.05) is 55.5 Å². The molecule has 1 heterocycles. The lowest BCUT2D eigenvalue weighted by Crippen LogP contribution is -2.54. The SMILES string of the molecule is CCc1ccc(N2C(=O)/C(=C/c3ccc(OCc4ccccc4)c(Br)c3)C(=O)NC2=S)cc1. The molecule has 4 rings (SSSR count). The Labute approximate surface area is 206 Å². The Morgan fingerprint density at radius 3 is 2.39 bits per heavy atom. The summed E-state index contributed by atoms with van der Waals surface area (Å²) in [5, 5.41) is 2.68. The Hall–Kier alpha value is -3.29. The molecule has 1 fully saturated rings. The zero-order valence-corrected chi connectivity index (χ0v) is 20.3. The fourth-order valence-electron chi connectivity index (χ4n) is 3.40. The van der Waals surface area contributed by atoms with Crippen LogP contribution in [-0.2, 0) is 22.6 Å². The van der Waals surface area contributed by atoms with Crippen LogP contribution in [0.3, 0.4) is 0 Å². The molecule has 0 aromatic heterocycles. The van der Waals surface area contributed by atoms with E-state index in [0.29, 0.717) is 23.6 Å². The lowest BCUT2D eigenvalue weighted by molar-refractivity contribution is -0.122. The highest BCUT2D eigenvalue weighted by Gasteiger charge is 2.34. The molecule has 0 saturated carbocycles. The number of nitrogens with zero attached hydrogens (tertiary/aromatic N) is 1. The third kappa shape index (κ3) is 5.21. The highest BCUT2D eigenvalue weighted by molar-refractivity contribution is 9.10. The molecule has 3 aromatic carbocycles. The number of benzene rings is 3. The standard InChI is InChI=1S/C26H21BrN2O3S/c1-2-17-8-11-20(12-9-17)29-25(31)21(24(30)28-26(29)33)14-19-10-13-23(22(27)15-19)32-16-18-6-4-3-5-7-18/h3-15H,2,16H2,1H3,(H,28,30,33)/b21-14+. The van der Waals surface area contributed by atoms with Crippen molar-refractivity contribution in [3.8, 4) is 5.75 Å². The fourth-order valence-corrected chi connectivity index (χ4v) is 4.19. The molecule has 166 valence electrons. The first-order valence-electron chi connectivity index (χ1n) is 10.4. The van der Waals surface area contributed by atoms with Crippen LogP contribution in [-0.4, -0.2) is 16.9 Å². The number of carbonyl (C=O) groups is 2. The second-order valence-corrected chi connectivity index (χ2v) is 8.68. The molecular formula is C26H21BrN2O3S. The first-order chi connectivity index (χ1) is 16.0. The molecule has 7 heteroatoms. The summed E-state index contributed by atoms with van der Waals surface area (Å²) in [5.74, 6) is -0.320. The summed E-state index contributed by atoms with van der Waals surface area (Å²) in [6.07, 6.45) is 2.44. The molecule has 3 aromatic rings. The molecule has 0 atom stereocenters. The Morgan fingerprint density at radius 1 is 1.00 bits per heavy atom. The molecule has 0 unspecified atom stereocenters. The van der Waals surface area contributed by atoms with Crippen molar-refractivity contribution >= 4 is 56.8 Å². The number of anilines is 1. The third-order valence-electron chi connectivity index (χ3n) is 5.21. The zero-order chi connectivity index (χ0) is 23.4. The van der Waals surface area contributed by atoms with Gasteiger partial charge in [0.25, 0.3) is 11.8 Å². The maximum Gasteiger partial charge on any atom is 0.270 e. The number of nitrogens with one attached hydrogen (secondary N) is 1. The number of amides is 2. The first-order valence-corrected chi connectivity index (χ1v) is 11.6. The summed E-state index contributed by atoms with van der Waals surface area (Å²) in [7, 11) is 0. The van der Waals surface area contributed by atoms with E-state index in [1.54, 1.807) is 24.3 Å². The smallest absolute Gasteiger partial charge is 0.270 e. The maximum atomic E-state index is 13.2. The molecule has 0 bridgehead atoms. The molecule has 1 saturated heterocycles. The Bertz CT molecular complexity index is 1240. The van der Waals surface area contributed by atoms with E-state index < -0.39 is 11.8 Å². The molecule has 5 nitrogen and oxygen atoms in total. The summed E-state index contributed by atoms with van der Waals surface area (Å²) >= 11 is 8.79. The van der Waals surface area contributed by atoms with Crippen LogP contribution in [0.25, 0.3) is 6.08 Å². The molecule has 1 N–H and O–H groups in total. The van der Waals surface area contributed by atoms with Gasteiger partial charge < -0.3 is 4.74 Å². The minimum Gasteiger partial charge on any atom is -0.488 e. The quantitative estimate of drug-likeness (QED) is 0.267. The van der Waals surface area contributed by atoms with Crippen molar-refractivity contribution in [2.24, 2.45) is 0 Å². The second kappa shape index (κ2) is 10.1. The number of rotatable bonds is 6. The number of ether oxygens (including phenoxy) is 1. The average Bonchev–Trinajstić information content (AvgIpc) is 2.82. The van der Waals surface area contributed by atoms with Crippen molar-refractivity contribution in [1.29, 1.82) is 0 Å². The lowest BCUT2D eigenvalue weighted by Gasteiger charge is -2.29. The summed E-state index contributed by atoms with van der Waals surface area (Å²) in [4.78, 5) is 27.1. The number of thiocarbonyl (C=S) groups is 1. The van der Waals surface area contributed by atoms with Gasteiger partial charge in [-0.15, -0.1) is 0 Å². The van der Waals surface area contributed by atoms with Gasteiger partial charge in [-0.3, -0.25) is 19.8 Å². The Morgan fingerprint density at radius 2 is 1.73 bits per heavy atom. The molecule has 1 aliphatic rings. The monoisotopic (exact) mass is 520 g/mol. The molecule has 2 amide bonds. The van der Waals surface area contributed by atoms with Crippen LogP contribution in [0, 0.1) is 0 Å². The molecule has 1 aliphatic heterocycles. The van der Waals surface area contributed by atoms with Crippen LogP contribution in [0.1, 0.15) is 23.6 Å². The van der Waals surface area contributed by atoms with Gasteiger partial charge >= 0.3 is 0 Å². The van der Waals surface area contributed by atoms with Crippen molar-refractivity contribution in [2.75, 3.05) is 4.90 Å². The van der Waals surface area contributed by atoms with E-state index in [0.717, 1.165) is 22.0 Å². The van der Waals surface area contributed by atoms with Gasteiger partial charge in [-0.25, -0.2) is 0 Å². The van der Waals surface area contributed by atoms with Gasteiger partial charge in [-0.05, 0) is 81.6 Å². The van der Waals surface area contributed by atoms with E-state index in [9.17, 15) is 9.59 Å². The number of halogens is 1. The number of hydrogen-bond donors (Lipinski definition) is 1. The van der Waals surface area contributed by atoms with Crippen molar-refractivity contribution in [3.05, 3.63) is 99.5 Å².